The highest BCUT2D eigenvalue weighted by atomic mass is 127. The number of carbonyl (C=O) groups is 1. The van der Waals surface area contributed by atoms with Crippen LogP contribution < -0.4 is 5.32 Å². The number of benzene rings is 2. The summed E-state index contributed by atoms with van der Waals surface area (Å²) in [5, 5.41) is 12.2. The molecule has 0 aliphatic rings. The van der Waals surface area contributed by atoms with Crippen molar-refractivity contribution in [3.63, 3.8) is 0 Å². The third-order valence-corrected chi connectivity index (χ3v) is 3.99. The maximum Gasteiger partial charge on any atom is 0.255 e. The van der Waals surface area contributed by atoms with E-state index in [9.17, 15) is 9.90 Å². The minimum atomic E-state index is -0.194. The van der Waals surface area contributed by atoms with Crippen molar-refractivity contribution < 1.29 is 9.90 Å². The molecule has 0 unspecified atom stereocenters. The van der Waals surface area contributed by atoms with Gasteiger partial charge in [0.25, 0.3) is 5.91 Å². The molecule has 98 valence electrons. The number of phenolic OH excluding ortho intramolecular Hbond substituents is 1. The lowest BCUT2D eigenvalue weighted by atomic mass is 10.1. The summed E-state index contributed by atoms with van der Waals surface area (Å²) in [7, 11) is 0. The van der Waals surface area contributed by atoms with E-state index in [0.29, 0.717) is 5.56 Å². The Morgan fingerprint density at radius 1 is 1.26 bits per heavy atom. The maximum atomic E-state index is 12.2. The summed E-state index contributed by atoms with van der Waals surface area (Å²) >= 11 is 5.59. The van der Waals surface area contributed by atoms with Crippen molar-refractivity contribution in [2.75, 3.05) is 5.32 Å². The maximum absolute atomic E-state index is 12.2. The van der Waals surface area contributed by atoms with Crippen LogP contribution in [0.2, 0.25) is 0 Å². The summed E-state index contributed by atoms with van der Waals surface area (Å²) in [5.74, 6) is -0.0373. The zero-order chi connectivity index (χ0) is 14.0. The first-order valence-electron chi connectivity index (χ1n) is 5.53. The van der Waals surface area contributed by atoms with Crippen LogP contribution in [-0.4, -0.2) is 11.0 Å². The third-order valence-electron chi connectivity index (χ3n) is 2.63. The van der Waals surface area contributed by atoms with Gasteiger partial charge < -0.3 is 10.4 Å². The highest BCUT2D eigenvalue weighted by Crippen LogP contribution is 2.25. The quantitative estimate of drug-likeness (QED) is 0.695. The van der Waals surface area contributed by atoms with E-state index in [1.165, 1.54) is 6.07 Å². The minimum absolute atomic E-state index is 0.157. The molecule has 0 saturated carbocycles. The van der Waals surface area contributed by atoms with Crippen LogP contribution in [0.15, 0.2) is 40.9 Å². The lowest BCUT2D eigenvalue weighted by Gasteiger charge is -2.10. The summed E-state index contributed by atoms with van der Waals surface area (Å²) in [5.41, 5.74) is 2.01. The molecule has 0 fully saturated rings. The first-order valence-corrected chi connectivity index (χ1v) is 7.40. The molecule has 2 N–H and O–H groups in total. The average molecular weight is 432 g/mol. The predicted molar refractivity (Wildman–Crippen MR) is 87.7 cm³/mol. The monoisotopic (exact) mass is 431 g/mol. The fourth-order valence-corrected chi connectivity index (χ4v) is 2.52. The number of halogens is 2. The summed E-state index contributed by atoms with van der Waals surface area (Å²) in [6.45, 7) is 1.79. The number of hydrogen-bond acceptors (Lipinski definition) is 2. The van der Waals surface area contributed by atoms with Gasteiger partial charge in [-0.25, -0.2) is 0 Å². The Labute approximate surface area is 133 Å². The van der Waals surface area contributed by atoms with E-state index in [4.69, 9.17) is 0 Å². The van der Waals surface area contributed by atoms with Gasteiger partial charge in [-0.05, 0) is 87.4 Å². The Hall–Kier alpha value is -1.08. The molecule has 1 amide bonds. The van der Waals surface area contributed by atoms with E-state index < -0.39 is 0 Å². The molecule has 0 aliphatic carbocycles. The van der Waals surface area contributed by atoms with Crippen LogP contribution >= 0.6 is 38.5 Å². The normalized spacial score (nSPS) is 10.3. The van der Waals surface area contributed by atoms with Crippen LogP contribution in [0.1, 0.15) is 15.9 Å². The molecular weight excluding hydrogens is 421 g/mol. The summed E-state index contributed by atoms with van der Waals surface area (Å²) < 4.78 is 1.87. The highest BCUT2D eigenvalue weighted by Gasteiger charge is 2.11. The molecule has 0 atom stereocenters. The molecule has 0 bridgehead atoms. The minimum Gasteiger partial charge on any atom is -0.508 e. The van der Waals surface area contributed by atoms with Gasteiger partial charge in [0.15, 0.2) is 0 Å². The van der Waals surface area contributed by atoms with E-state index in [1.54, 1.807) is 19.1 Å². The molecule has 5 heteroatoms. The van der Waals surface area contributed by atoms with Crippen LogP contribution in [0.5, 0.6) is 5.75 Å². The second kappa shape index (κ2) is 5.92. The first-order chi connectivity index (χ1) is 8.97. The Balaban J connectivity index is 2.28. The summed E-state index contributed by atoms with van der Waals surface area (Å²) in [4.78, 5) is 12.2. The summed E-state index contributed by atoms with van der Waals surface area (Å²) in [6.07, 6.45) is 0. The number of anilines is 1. The third kappa shape index (κ3) is 3.48. The highest BCUT2D eigenvalue weighted by molar-refractivity contribution is 14.1. The van der Waals surface area contributed by atoms with E-state index in [2.05, 4.69) is 43.8 Å². The molecule has 2 rings (SSSR count). The van der Waals surface area contributed by atoms with Crippen LogP contribution in [0.3, 0.4) is 0 Å². The van der Waals surface area contributed by atoms with Crippen molar-refractivity contribution in [3.05, 3.63) is 55.6 Å². The number of nitrogens with one attached hydrogen (secondary N) is 1. The number of phenols is 1. The Bertz CT molecular complexity index is 643. The van der Waals surface area contributed by atoms with Crippen molar-refractivity contribution in [3.8, 4) is 5.75 Å². The number of hydrogen-bond donors (Lipinski definition) is 2. The van der Waals surface area contributed by atoms with Crippen LogP contribution in [0, 0.1) is 10.5 Å². The Kier molecular flexibility index (Phi) is 4.46. The lowest BCUT2D eigenvalue weighted by molar-refractivity contribution is 0.102. The molecular formula is C14H11BrINO2. The van der Waals surface area contributed by atoms with Crippen molar-refractivity contribution in [1.82, 2.24) is 0 Å². The van der Waals surface area contributed by atoms with Crippen molar-refractivity contribution in [2.45, 2.75) is 6.92 Å². The second-order valence-electron chi connectivity index (χ2n) is 4.08. The molecule has 19 heavy (non-hydrogen) atoms. The van der Waals surface area contributed by atoms with Gasteiger partial charge in [0, 0.05) is 13.6 Å². The molecule has 0 aliphatic heterocycles. The standard InChI is InChI=1S/C14H11BrINO2/c1-8-6-10(18)3-4-11(8)14(19)17-13-7-9(16)2-5-12(13)15/h2-7,18H,1H3,(H,17,19). The van der Waals surface area contributed by atoms with Crippen molar-refractivity contribution >= 4 is 50.1 Å². The Morgan fingerprint density at radius 3 is 2.68 bits per heavy atom. The Morgan fingerprint density at radius 2 is 2.00 bits per heavy atom. The van der Waals surface area contributed by atoms with Gasteiger partial charge in [-0.1, -0.05) is 0 Å². The fourth-order valence-electron chi connectivity index (χ4n) is 1.69. The number of aromatic hydroxyl groups is 1. The van der Waals surface area contributed by atoms with Gasteiger partial charge in [0.1, 0.15) is 5.75 Å². The number of aryl methyl sites for hydroxylation is 1. The van der Waals surface area contributed by atoms with E-state index in [-0.39, 0.29) is 11.7 Å². The molecule has 2 aromatic rings. The van der Waals surface area contributed by atoms with Crippen LogP contribution in [0.4, 0.5) is 5.69 Å². The number of carbonyl (C=O) groups excluding carboxylic acids is 1. The SMILES string of the molecule is Cc1cc(O)ccc1C(=O)Nc1cc(I)ccc1Br. The zero-order valence-electron chi connectivity index (χ0n) is 10.1. The summed E-state index contributed by atoms with van der Waals surface area (Å²) in [6, 6.07) is 10.4. The largest absolute Gasteiger partial charge is 0.508 e. The number of amides is 1. The lowest BCUT2D eigenvalue weighted by Crippen LogP contribution is -2.13. The van der Waals surface area contributed by atoms with E-state index in [0.717, 1.165) is 19.3 Å². The fraction of sp³-hybridized carbons (Fsp3) is 0.0714. The number of rotatable bonds is 2. The van der Waals surface area contributed by atoms with Gasteiger partial charge in [-0.3, -0.25) is 4.79 Å². The first kappa shape index (κ1) is 14.3. The van der Waals surface area contributed by atoms with Crippen LogP contribution in [0.25, 0.3) is 0 Å². The van der Waals surface area contributed by atoms with E-state index in [1.807, 2.05) is 18.2 Å². The molecule has 3 nitrogen and oxygen atoms in total. The average Bonchev–Trinajstić information content (AvgIpc) is 2.33. The molecule has 2 aromatic carbocycles. The molecule has 0 spiro atoms. The molecule has 0 radical (unpaired) electrons. The van der Waals surface area contributed by atoms with Crippen molar-refractivity contribution in [1.29, 1.82) is 0 Å². The van der Waals surface area contributed by atoms with Gasteiger partial charge in [0.05, 0.1) is 5.69 Å². The smallest absolute Gasteiger partial charge is 0.255 e. The predicted octanol–water partition coefficient (Wildman–Crippen LogP) is 4.32. The van der Waals surface area contributed by atoms with Gasteiger partial charge in [-0.15, -0.1) is 0 Å². The van der Waals surface area contributed by atoms with Crippen LogP contribution in [-0.2, 0) is 0 Å². The van der Waals surface area contributed by atoms with Gasteiger partial charge in [-0.2, -0.15) is 0 Å². The van der Waals surface area contributed by atoms with Gasteiger partial charge in [0.2, 0.25) is 0 Å². The zero-order valence-corrected chi connectivity index (χ0v) is 13.8. The molecule has 0 aromatic heterocycles. The van der Waals surface area contributed by atoms with Crippen molar-refractivity contribution in [2.24, 2.45) is 0 Å². The molecule has 0 saturated heterocycles. The van der Waals surface area contributed by atoms with E-state index >= 15 is 0 Å². The molecule has 0 heterocycles. The second-order valence-corrected chi connectivity index (χ2v) is 6.18. The topological polar surface area (TPSA) is 49.3 Å². The van der Waals surface area contributed by atoms with Gasteiger partial charge >= 0.3 is 0 Å².